The lowest BCUT2D eigenvalue weighted by atomic mass is 10.1. The number of aryl methyl sites for hydroxylation is 1. The molecule has 4 heteroatoms. The number of hydrogen-bond acceptors (Lipinski definition) is 3. The Labute approximate surface area is 102 Å². The first kappa shape index (κ1) is 13.5. The van der Waals surface area contributed by atoms with Crippen molar-refractivity contribution in [2.75, 3.05) is 18.9 Å². The van der Waals surface area contributed by atoms with Crippen molar-refractivity contribution in [3.05, 3.63) is 29.3 Å². The molecular weight excluding hydrogens is 216 g/mol. The number of hydrogen-bond donors (Lipinski definition) is 2. The van der Waals surface area contributed by atoms with Gasteiger partial charge < -0.3 is 15.7 Å². The summed E-state index contributed by atoms with van der Waals surface area (Å²) in [7, 11) is 0. The molecule has 94 valence electrons. The maximum atomic E-state index is 12.2. The van der Waals surface area contributed by atoms with Crippen LogP contribution in [-0.2, 0) is 0 Å². The Kier molecular flexibility index (Phi) is 4.52. The number of aliphatic hydroxyl groups is 1. The second-order valence-corrected chi connectivity index (χ2v) is 4.45. The lowest BCUT2D eigenvalue weighted by Crippen LogP contribution is -2.39. The van der Waals surface area contributed by atoms with E-state index < -0.39 is 0 Å². The van der Waals surface area contributed by atoms with Gasteiger partial charge in [-0.15, -0.1) is 0 Å². The third-order valence-corrected chi connectivity index (χ3v) is 2.57. The monoisotopic (exact) mass is 236 g/mol. The quantitative estimate of drug-likeness (QED) is 0.777. The van der Waals surface area contributed by atoms with E-state index >= 15 is 0 Å². The number of benzene rings is 1. The van der Waals surface area contributed by atoms with E-state index in [2.05, 4.69) is 0 Å². The fraction of sp³-hybridized carbons (Fsp3) is 0.462. The van der Waals surface area contributed by atoms with Crippen LogP contribution in [0.2, 0.25) is 0 Å². The van der Waals surface area contributed by atoms with Gasteiger partial charge in [-0.3, -0.25) is 4.79 Å². The molecule has 1 aromatic rings. The van der Waals surface area contributed by atoms with E-state index in [4.69, 9.17) is 10.8 Å². The van der Waals surface area contributed by atoms with E-state index in [9.17, 15) is 4.79 Å². The second kappa shape index (κ2) is 5.68. The van der Waals surface area contributed by atoms with Gasteiger partial charge in [-0.1, -0.05) is 0 Å². The van der Waals surface area contributed by atoms with E-state index in [0.717, 1.165) is 5.56 Å². The van der Waals surface area contributed by atoms with Gasteiger partial charge in [-0.2, -0.15) is 0 Å². The zero-order valence-electron chi connectivity index (χ0n) is 10.6. The van der Waals surface area contributed by atoms with Crippen LogP contribution in [0.4, 0.5) is 5.69 Å². The number of nitrogen functional groups attached to an aromatic ring is 1. The first-order valence-corrected chi connectivity index (χ1v) is 5.74. The summed E-state index contributed by atoms with van der Waals surface area (Å²) >= 11 is 0. The van der Waals surface area contributed by atoms with Gasteiger partial charge in [0.25, 0.3) is 5.91 Å². The van der Waals surface area contributed by atoms with Gasteiger partial charge in [0.1, 0.15) is 0 Å². The molecule has 0 saturated carbocycles. The van der Waals surface area contributed by atoms with Crippen molar-refractivity contribution in [2.24, 2.45) is 0 Å². The summed E-state index contributed by atoms with van der Waals surface area (Å²) < 4.78 is 0. The average Bonchev–Trinajstić information content (AvgIpc) is 2.23. The third kappa shape index (κ3) is 3.46. The lowest BCUT2D eigenvalue weighted by Gasteiger charge is -2.26. The molecule has 4 nitrogen and oxygen atoms in total. The van der Waals surface area contributed by atoms with Crippen molar-refractivity contribution in [3.63, 3.8) is 0 Å². The van der Waals surface area contributed by atoms with E-state index in [-0.39, 0.29) is 18.6 Å². The summed E-state index contributed by atoms with van der Waals surface area (Å²) in [4.78, 5) is 13.9. The Morgan fingerprint density at radius 2 is 2.06 bits per heavy atom. The van der Waals surface area contributed by atoms with Crippen LogP contribution in [0.5, 0.6) is 0 Å². The van der Waals surface area contributed by atoms with Crippen LogP contribution in [0.15, 0.2) is 18.2 Å². The first-order valence-electron chi connectivity index (χ1n) is 5.74. The summed E-state index contributed by atoms with van der Waals surface area (Å²) in [6.45, 7) is 6.05. The molecule has 0 aliphatic carbocycles. The molecule has 0 saturated heterocycles. The molecule has 17 heavy (non-hydrogen) atoms. The highest BCUT2D eigenvalue weighted by atomic mass is 16.3. The molecule has 0 unspecified atom stereocenters. The highest BCUT2D eigenvalue weighted by Gasteiger charge is 2.18. The summed E-state index contributed by atoms with van der Waals surface area (Å²) in [5.74, 6) is -0.0931. The van der Waals surface area contributed by atoms with Crippen molar-refractivity contribution < 1.29 is 9.90 Å². The van der Waals surface area contributed by atoms with Crippen molar-refractivity contribution >= 4 is 11.6 Å². The lowest BCUT2D eigenvalue weighted by molar-refractivity contribution is 0.0665. The molecule has 3 N–H and O–H groups in total. The van der Waals surface area contributed by atoms with Gasteiger partial charge in [0.05, 0.1) is 6.61 Å². The van der Waals surface area contributed by atoms with Crippen LogP contribution in [0.25, 0.3) is 0 Å². The molecule has 0 aromatic heterocycles. The van der Waals surface area contributed by atoms with Crippen LogP contribution >= 0.6 is 0 Å². The number of carbonyl (C=O) groups excluding carboxylic acids is 1. The van der Waals surface area contributed by atoms with Gasteiger partial charge in [-0.25, -0.2) is 0 Å². The van der Waals surface area contributed by atoms with Gasteiger partial charge in [0.15, 0.2) is 0 Å². The Morgan fingerprint density at radius 3 is 2.53 bits per heavy atom. The third-order valence-electron chi connectivity index (χ3n) is 2.57. The fourth-order valence-electron chi connectivity index (χ4n) is 1.80. The van der Waals surface area contributed by atoms with Gasteiger partial charge in [0.2, 0.25) is 0 Å². The van der Waals surface area contributed by atoms with Crippen molar-refractivity contribution in [1.82, 2.24) is 4.90 Å². The van der Waals surface area contributed by atoms with E-state index in [0.29, 0.717) is 17.8 Å². The summed E-state index contributed by atoms with van der Waals surface area (Å²) in [5.41, 5.74) is 7.84. The maximum Gasteiger partial charge on any atom is 0.254 e. The normalized spacial score (nSPS) is 10.6. The molecule has 0 atom stereocenters. The molecule has 1 rings (SSSR count). The SMILES string of the molecule is Cc1cc(N)cc(C(=O)N(CCO)C(C)C)c1. The number of anilines is 1. The number of amides is 1. The van der Waals surface area contributed by atoms with Crippen LogP contribution in [0.3, 0.4) is 0 Å². The predicted octanol–water partition coefficient (Wildman–Crippen LogP) is 1.42. The number of nitrogens with two attached hydrogens (primary N) is 1. The highest BCUT2D eigenvalue weighted by molar-refractivity contribution is 5.95. The van der Waals surface area contributed by atoms with Gasteiger partial charge in [0, 0.05) is 23.8 Å². The van der Waals surface area contributed by atoms with E-state index in [1.807, 2.05) is 32.9 Å². The Hall–Kier alpha value is -1.55. The summed E-state index contributed by atoms with van der Waals surface area (Å²) in [6.07, 6.45) is 0. The van der Waals surface area contributed by atoms with Crippen molar-refractivity contribution in [2.45, 2.75) is 26.8 Å². The molecule has 0 heterocycles. The molecule has 0 spiro atoms. The zero-order valence-corrected chi connectivity index (χ0v) is 10.6. The molecule has 0 fully saturated rings. The molecular formula is C13H20N2O2. The molecule has 0 aliphatic heterocycles. The molecule has 1 aromatic carbocycles. The van der Waals surface area contributed by atoms with Crippen LogP contribution < -0.4 is 5.73 Å². The summed E-state index contributed by atoms with van der Waals surface area (Å²) in [5, 5.41) is 8.97. The van der Waals surface area contributed by atoms with E-state index in [1.165, 1.54) is 0 Å². The first-order chi connectivity index (χ1) is 7.95. The molecule has 0 bridgehead atoms. The Morgan fingerprint density at radius 1 is 1.41 bits per heavy atom. The fourth-order valence-corrected chi connectivity index (χ4v) is 1.80. The Balaban J connectivity index is 3.00. The summed E-state index contributed by atoms with van der Waals surface area (Å²) in [6, 6.07) is 5.35. The zero-order chi connectivity index (χ0) is 13.0. The van der Waals surface area contributed by atoms with Gasteiger partial charge in [-0.05, 0) is 44.5 Å². The largest absolute Gasteiger partial charge is 0.399 e. The number of rotatable bonds is 4. The molecule has 1 amide bonds. The number of carbonyl (C=O) groups is 1. The average molecular weight is 236 g/mol. The topological polar surface area (TPSA) is 66.6 Å². The number of nitrogens with zero attached hydrogens (tertiary/aromatic N) is 1. The van der Waals surface area contributed by atoms with Crippen LogP contribution in [0, 0.1) is 6.92 Å². The van der Waals surface area contributed by atoms with Crippen molar-refractivity contribution in [3.8, 4) is 0 Å². The minimum atomic E-state index is -0.0931. The molecule has 0 aliphatic rings. The maximum absolute atomic E-state index is 12.2. The standard InChI is InChI=1S/C13H20N2O2/c1-9(2)15(4-5-16)13(17)11-6-10(3)7-12(14)8-11/h6-9,16H,4-5,14H2,1-3H3. The highest BCUT2D eigenvalue weighted by Crippen LogP contribution is 2.14. The van der Waals surface area contributed by atoms with Crippen LogP contribution in [-0.4, -0.2) is 35.1 Å². The second-order valence-electron chi connectivity index (χ2n) is 4.45. The molecule has 0 radical (unpaired) electrons. The van der Waals surface area contributed by atoms with Crippen LogP contribution in [0.1, 0.15) is 29.8 Å². The smallest absolute Gasteiger partial charge is 0.254 e. The number of aliphatic hydroxyl groups excluding tert-OH is 1. The minimum Gasteiger partial charge on any atom is -0.399 e. The van der Waals surface area contributed by atoms with Gasteiger partial charge >= 0.3 is 0 Å². The predicted molar refractivity (Wildman–Crippen MR) is 68.8 cm³/mol. The van der Waals surface area contributed by atoms with Crippen molar-refractivity contribution in [1.29, 1.82) is 0 Å². The Bertz CT molecular complexity index is 382. The minimum absolute atomic E-state index is 0.0365. The van der Waals surface area contributed by atoms with E-state index in [1.54, 1.807) is 11.0 Å².